The van der Waals surface area contributed by atoms with Gasteiger partial charge in [-0.1, -0.05) is 6.07 Å². The first-order valence-corrected chi connectivity index (χ1v) is 8.29. The molecule has 25 heavy (non-hydrogen) atoms. The number of benzene rings is 1. The Labute approximate surface area is 145 Å². The zero-order chi connectivity index (χ0) is 17.1. The molecule has 0 aliphatic carbocycles. The van der Waals surface area contributed by atoms with Crippen LogP contribution in [0.1, 0.15) is 12.0 Å². The summed E-state index contributed by atoms with van der Waals surface area (Å²) in [6.45, 7) is 2.13. The number of rotatable bonds is 6. The van der Waals surface area contributed by atoms with Gasteiger partial charge in [-0.3, -0.25) is 9.67 Å². The maximum absolute atomic E-state index is 5.97. The van der Waals surface area contributed by atoms with Crippen molar-refractivity contribution < 1.29 is 4.74 Å². The van der Waals surface area contributed by atoms with Crippen molar-refractivity contribution in [3.05, 3.63) is 54.4 Å². The Morgan fingerprint density at radius 3 is 3.00 bits per heavy atom. The predicted octanol–water partition coefficient (Wildman–Crippen LogP) is 2.95. The summed E-state index contributed by atoms with van der Waals surface area (Å²) in [5, 5.41) is 5.16. The Kier molecular flexibility index (Phi) is 4.16. The van der Waals surface area contributed by atoms with E-state index >= 15 is 0 Å². The van der Waals surface area contributed by atoms with Gasteiger partial charge in [-0.15, -0.1) is 0 Å². The second kappa shape index (κ2) is 6.76. The third-order valence-electron chi connectivity index (χ3n) is 4.15. The number of aliphatic imine (C=N–C) groups is 1. The fraction of sp³-hybridized carbons (Fsp3) is 0.211. The van der Waals surface area contributed by atoms with Crippen molar-refractivity contribution in [2.24, 2.45) is 4.99 Å². The number of aryl methyl sites for hydroxylation is 1. The first-order chi connectivity index (χ1) is 12.3. The molecule has 0 unspecified atom stereocenters. The molecule has 2 aromatic heterocycles. The van der Waals surface area contributed by atoms with Crippen molar-refractivity contribution in [2.75, 3.05) is 18.9 Å². The van der Waals surface area contributed by atoms with E-state index in [0.717, 1.165) is 35.2 Å². The molecule has 0 fully saturated rings. The monoisotopic (exact) mass is 333 g/mol. The van der Waals surface area contributed by atoms with E-state index in [1.54, 1.807) is 12.3 Å². The third kappa shape index (κ3) is 3.38. The van der Waals surface area contributed by atoms with Crippen LogP contribution in [0.4, 0.5) is 5.82 Å². The smallest absolute Gasteiger partial charge is 0.132 e. The highest BCUT2D eigenvalue weighted by atomic mass is 16.5. The molecule has 0 bridgehead atoms. The van der Waals surface area contributed by atoms with E-state index in [2.05, 4.69) is 21.1 Å². The second-order valence-corrected chi connectivity index (χ2v) is 5.93. The lowest BCUT2D eigenvalue weighted by Crippen LogP contribution is -2.05. The third-order valence-corrected chi connectivity index (χ3v) is 4.15. The van der Waals surface area contributed by atoms with Crippen molar-refractivity contribution in [1.29, 1.82) is 0 Å². The van der Waals surface area contributed by atoms with Gasteiger partial charge >= 0.3 is 0 Å². The van der Waals surface area contributed by atoms with Crippen LogP contribution in [0, 0.1) is 0 Å². The van der Waals surface area contributed by atoms with Gasteiger partial charge in [0.2, 0.25) is 0 Å². The number of ether oxygens (including phenoxy) is 1. The van der Waals surface area contributed by atoms with E-state index in [1.165, 1.54) is 5.57 Å². The summed E-state index contributed by atoms with van der Waals surface area (Å²) in [6.07, 6.45) is 8.46. The van der Waals surface area contributed by atoms with Crippen LogP contribution >= 0.6 is 0 Å². The minimum atomic E-state index is 0.461. The van der Waals surface area contributed by atoms with Crippen molar-refractivity contribution in [1.82, 2.24) is 14.8 Å². The number of pyridine rings is 1. The number of anilines is 1. The van der Waals surface area contributed by atoms with Crippen LogP contribution in [0.15, 0.2) is 53.8 Å². The summed E-state index contributed by atoms with van der Waals surface area (Å²) in [6, 6.07) is 9.87. The molecular weight excluding hydrogens is 314 g/mol. The van der Waals surface area contributed by atoms with Gasteiger partial charge in [0.15, 0.2) is 0 Å². The number of aromatic nitrogens is 3. The van der Waals surface area contributed by atoms with Crippen molar-refractivity contribution in [3.63, 3.8) is 0 Å². The molecule has 126 valence electrons. The average Bonchev–Trinajstić information content (AvgIpc) is 3.31. The number of hydrogen-bond acceptors (Lipinski definition) is 5. The Morgan fingerprint density at radius 1 is 1.24 bits per heavy atom. The summed E-state index contributed by atoms with van der Waals surface area (Å²) in [5.41, 5.74) is 9.11. The average molecular weight is 333 g/mol. The SMILES string of the molecule is Nc1cc(OCCCn2cccn2)c2ccc(C3=CC=NC3)cc2n1. The van der Waals surface area contributed by atoms with Crippen molar-refractivity contribution in [3.8, 4) is 5.75 Å². The van der Waals surface area contributed by atoms with Gasteiger partial charge in [0.05, 0.1) is 18.7 Å². The highest BCUT2D eigenvalue weighted by Crippen LogP contribution is 2.29. The number of nitrogens with two attached hydrogens (primary N) is 1. The zero-order valence-electron chi connectivity index (χ0n) is 13.8. The standard InChI is InChI=1S/C19H19N5O/c20-19-12-18(25-10-2-9-24-8-1-6-22-24)16-4-3-14(11-17(16)23-19)15-5-7-21-13-15/h1,3-8,11-12H,2,9-10,13H2,(H2,20,23). The minimum absolute atomic E-state index is 0.461. The van der Waals surface area contributed by atoms with E-state index in [-0.39, 0.29) is 0 Å². The van der Waals surface area contributed by atoms with Gasteiger partial charge in [-0.25, -0.2) is 4.98 Å². The van der Waals surface area contributed by atoms with E-state index in [0.29, 0.717) is 19.0 Å². The Bertz CT molecular complexity index is 944. The molecule has 0 saturated heterocycles. The molecular formula is C19H19N5O. The van der Waals surface area contributed by atoms with Gasteiger partial charge in [0.25, 0.3) is 0 Å². The predicted molar refractivity (Wildman–Crippen MR) is 99.8 cm³/mol. The summed E-state index contributed by atoms with van der Waals surface area (Å²) < 4.78 is 7.86. The first kappa shape index (κ1) is 15.4. The van der Waals surface area contributed by atoms with E-state index in [9.17, 15) is 0 Å². The van der Waals surface area contributed by atoms with Gasteiger partial charge in [0, 0.05) is 43.0 Å². The number of allylic oxidation sites excluding steroid dienone is 1. The number of nitrogens with zero attached hydrogens (tertiary/aromatic N) is 4. The molecule has 1 aromatic carbocycles. The normalized spacial score (nSPS) is 13.4. The van der Waals surface area contributed by atoms with Gasteiger partial charge in [-0.05, 0) is 35.4 Å². The van der Waals surface area contributed by atoms with Crippen LogP contribution in [0.3, 0.4) is 0 Å². The van der Waals surface area contributed by atoms with Crippen LogP contribution < -0.4 is 10.5 Å². The molecule has 4 rings (SSSR count). The molecule has 3 heterocycles. The molecule has 2 N–H and O–H groups in total. The van der Waals surface area contributed by atoms with Crippen molar-refractivity contribution >= 4 is 28.5 Å². The Hall–Kier alpha value is -3.15. The van der Waals surface area contributed by atoms with Crippen LogP contribution in [-0.2, 0) is 6.54 Å². The first-order valence-electron chi connectivity index (χ1n) is 8.29. The Balaban J connectivity index is 1.51. The summed E-state index contributed by atoms with van der Waals surface area (Å²) in [4.78, 5) is 8.69. The van der Waals surface area contributed by atoms with E-state index in [1.807, 2.05) is 41.4 Å². The maximum Gasteiger partial charge on any atom is 0.132 e. The fourth-order valence-corrected chi connectivity index (χ4v) is 2.91. The molecule has 0 radical (unpaired) electrons. The number of hydrogen-bond donors (Lipinski definition) is 1. The van der Waals surface area contributed by atoms with Gasteiger partial charge in [0.1, 0.15) is 11.6 Å². The molecule has 6 nitrogen and oxygen atoms in total. The molecule has 6 heteroatoms. The fourth-order valence-electron chi connectivity index (χ4n) is 2.91. The summed E-state index contributed by atoms with van der Waals surface area (Å²) >= 11 is 0. The molecule has 0 amide bonds. The topological polar surface area (TPSA) is 78.3 Å². The highest BCUT2D eigenvalue weighted by Gasteiger charge is 2.10. The lowest BCUT2D eigenvalue weighted by Gasteiger charge is -2.11. The van der Waals surface area contributed by atoms with Crippen LogP contribution in [-0.4, -0.2) is 34.1 Å². The zero-order valence-corrected chi connectivity index (χ0v) is 13.8. The quantitative estimate of drug-likeness (QED) is 0.704. The minimum Gasteiger partial charge on any atom is -0.493 e. The summed E-state index contributed by atoms with van der Waals surface area (Å²) in [5.74, 6) is 1.23. The Morgan fingerprint density at radius 2 is 2.20 bits per heavy atom. The lowest BCUT2D eigenvalue weighted by molar-refractivity contribution is 0.302. The summed E-state index contributed by atoms with van der Waals surface area (Å²) in [7, 11) is 0. The van der Waals surface area contributed by atoms with Gasteiger partial charge in [-0.2, -0.15) is 5.10 Å². The maximum atomic E-state index is 5.97. The highest BCUT2D eigenvalue weighted by molar-refractivity contribution is 5.94. The molecule has 0 spiro atoms. The molecule has 1 aliphatic rings. The largest absolute Gasteiger partial charge is 0.493 e. The molecule has 0 atom stereocenters. The lowest BCUT2D eigenvalue weighted by atomic mass is 10.0. The van der Waals surface area contributed by atoms with Crippen LogP contribution in [0.25, 0.3) is 16.5 Å². The molecule has 1 aliphatic heterocycles. The van der Waals surface area contributed by atoms with Crippen LogP contribution in [0.2, 0.25) is 0 Å². The number of nitrogen functional groups attached to an aromatic ring is 1. The number of fused-ring (bicyclic) bond motifs is 1. The van der Waals surface area contributed by atoms with E-state index in [4.69, 9.17) is 10.5 Å². The van der Waals surface area contributed by atoms with Gasteiger partial charge < -0.3 is 10.5 Å². The molecule has 0 saturated carbocycles. The van der Waals surface area contributed by atoms with Crippen molar-refractivity contribution in [2.45, 2.75) is 13.0 Å². The molecule has 3 aromatic rings. The van der Waals surface area contributed by atoms with E-state index < -0.39 is 0 Å². The van der Waals surface area contributed by atoms with Crippen LogP contribution in [0.5, 0.6) is 5.75 Å². The second-order valence-electron chi connectivity index (χ2n) is 5.93.